The van der Waals surface area contributed by atoms with Gasteiger partial charge in [-0.1, -0.05) is 12.1 Å². The number of amides is 1. The number of methoxy groups -OCH3 is 1. The summed E-state index contributed by atoms with van der Waals surface area (Å²) in [5.74, 6) is -6.59. The van der Waals surface area contributed by atoms with Gasteiger partial charge in [-0.25, -0.2) is 17.6 Å². The number of aliphatic hydroxyl groups excluding tert-OH is 1. The third-order valence-electron chi connectivity index (χ3n) is 5.22. The number of aliphatic hydroxyl groups is 1. The molecule has 0 radical (unpaired) electrons. The minimum Gasteiger partial charge on any atom is -0.507 e. The lowest BCUT2D eigenvalue weighted by molar-refractivity contribution is -0.132. The predicted molar refractivity (Wildman–Crippen MR) is 110 cm³/mol. The van der Waals surface area contributed by atoms with Crippen LogP contribution in [-0.4, -0.2) is 23.9 Å². The Kier molecular flexibility index (Phi) is 5.63. The topological polar surface area (TPSA) is 66.8 Å². The minimum atomic E-state index is -1.42. The van der Waals surface area contributed by atoms with Crippen LogP contribution in [0, 0.1) is 23.3 Å². The summed E-state index contributed by atoms with van der Waals surface area (Å²) in [5, 5.41) is 11.0. The van der Waals surface area contributed by atoms with E-state index in [1.807, 2.05) is 0 Å². The number of hydrogen-bond donors (Lipinski definition) is 1. The lowest BCUT2D eigenvalue weighted by Gasteiger charge is -2.26. The zero-order valence-corrected chi connectivity index (χ0v) is 17.0. The van der Waals surface area contributed by atoms with Crippen molar-refractivity contribution in [1.29, 1.82) is 0 Å². The third kappa shape index (κ3) is 3.82. The molecule has 0 saturated carbocycles. The smallest absolute Gasteiger partial charge is 0.300 e. The molecule has 33 heavy (non-hydrogen) atoms. The van der Waals surface area contributed by atoms with Gasteiger partial charge in [-0.05, 0) is 48.0 Å². The SMILES string of the molecule is COc1ccc(F)cc1/C(O)=C1\C(=O)C(=O)N(c2ccc(F)cc2F)C1c1ccc(F)cc1. The molecule has 0 spiro atoms. The number of halogens is 4. The number of carbonyl (C=O) groups is 2. The molecule has 1 saturated heterocycles. The minimum absolute atomic E-state index is 0.00548. The van der Waals surface area contributed by atoms with Gasteiger partial charge in [0.2, 0.25) is 0 Å². The fraction of sp³-hybridized carbons (Fsp3) is 0.0833. The fourth-order valence-corrected chi connectivity index (χ4v) is 3.73. The molecule has 1 heterocycles. The molecule has 168 valence electrons. The summed E-state index contributed by atoms with van der Waals surface area (Å²) in [6, 6.07) is 8.77. The van der Waals surface area contributed by atoms with Crippen LogP contribution in [0.4, 0.5) is 23.2 Å². The molecule has 1 unspecified atom stereocenters. The van der Waals surface area contributed by atoms with Crippen molar-refractivity contribution in [2.24, 2.45) is 0 Å². The molecule has 1 atom stereocenters. The Morgan fingerprint density at radius 2 is 1.48 bits per heavy atom. The largest absolute Gasteiger partial charge is 0.507 e. The Morgan fingerprint density at radius 3 is 2.12 bits per heavy atom. The van der Waals surface area contributed by atoms with Crippen LogP contribution in [0.25, 0.3) is 5.76 Å². The Bertz CT molecular complexity index is 1300. The number of hydrogen-bond acceptors (Lipinski definition) is 4. The number of ether oxygens (including phenoxy) is 1. The molecule has 1 aliphatic rings. The second kappa shape index (κ2) is 8.42. The summed E-state index contributed by atoms with van der Waals surface area (Å²) < 4.78 is 60.7. The summed E-state index contributed by atoms with van der Waals surface area (Å²) in [5.41, 5.74) is -1.00. The molecule has 1 fully saturated rings. The average Bonchev–Trinajstić information content (AvgIpc) is 3.04. The fourth-order valence-electron chi connectivity index (χ4n) is 3.73. The summed E-state index contributed by atoms with van der Waals surface area (Å²) in [7, 11) is 1.26. The number of Topliss-reactive ketones (excluding diaryl/α,β-unsaturated/α-hetero) is 1. The maximum absolute atomic E-state index is 14.6. The summed E-state index contributed by atoms with van der Waals surface area (Å²) in [6.45, 7) is 0. The summed E-state index contributed by atoms with van der Waals surface area (Å²) in [6.07, 6.45) is 0. The van der Waals surface area contributed by atoms with Crippen molar-refractivity contribution in [2.75, 3.05) is 12.0 Å². The van der Waals surface area contributed by atoms with Gasteiger partial charge in [0.15, 0.2) is 0 Å². The predicted octanol–water partition coefficient (Wildman–Crippen LogP) is 4.88. The second-order valence-corrected chi connectivity index (χ2v) is 7.16. The van der Waals surface area contributed by atoms with Gasteiger partial charge < -0.3 is 9.84 Å². The highest BCUT2D eigenvalue weighted by molar-refractivity contribution is 6.51. The third-order valence-corrected chi connectivity index (χ3v) is 5.22. The first-order valence-corrected chi connectivity index (χ1v) is 9.58. The van der Waals surface area contributed by atoms with Crippen molar-refractivity contribution in [2.45, 2.75) is 6.04 Å². The van der Waals surface area contributed by atoms with Gasteiger partial charge in [0.05, 0.1) is 30.0 Å². The van der Waals surface area contributed by atoms with E-state index in [1.54, 1.807) is 0 Å². The molecule has 3 aromatic rings. The highest BCUT2D eigenvalue weighted by Crippen LogP contribution is 2.44. The van der Waals surface area contributed by atoms with Crippen LogP contribution in [0.15, 0.2) is 66.2 Å². The van der Waals surface area contributed by atoms with Crippen LogP contribution in [0.2, 0.25) is 0 Å². The van der Waals surface area contributed by atoms with E-state index in [2.05, 4.69) is 0 Å². The molecular weight excluding hydrogens is 442 g/mol. The highest BCUT2D eigenvalue weighted by Gasteiger charge is 2.48. The van der Waals surface area contributed by atoms with Crippen molar-refractivity contribution in [3.8, 4) is 5.75 Å². The van der Waals surface area contributed by atoms with Crippen molar-refractivity contribution in [3.63, 3.8) is 0 Å². The molecule has 5 nitrogen and oxygen atoms in total. The summed E-state index contributed by atoms with van der Waals surface area (Å²) in [4.78, 5) is 26.7. The number of carbonyl (C=O) groups excluding carboxylic acids is 2. The zero-order valence-electron chi connectivity index (χ0n) is 17.0. The highest BCUT2D eigenvalue weighted by atomic mass is 19.1. The van der Waals surface area contributed by atoms with E-state index in [1.165, 1.54) is 25.3 Å². The molecule has 0 bridgehead atoms. The van der Waals surface area contributed by atoms with Crippen molar-refractivity contribution < 1.29 is 37.0 Å². The summed E-state index contributed by atoms with van der Waals surface area (Å²) >= 11 is 0. The van der Waals surface area contributed by atoms with Crippen LogP contribution >= 0.6 is 0 Å². The van der Waals surface area contributed by atoms with Crippen molar-refractivity contribution in [3.05, 3.63) is 101 Å². The van der Waals surface area contributed by atoms with Crippen molar-refractivity contribution >= 4 is 23.1 Å². The van der Waals surface area contributed by atoms with E-state index in [-0.39, 0.29) is 16.9 Å². The van der Waals surface area contributed by atoms with Gasteiger partial charge in [-0.2, -0.15) is 0 Å². The van der Waals surface area contributed by atoms with Crippen molar-refractivity contribution in [1.82, 2.24) is 0 Å². The van der Waals surface area contributed by atoms with E-state index in [4.69, 9.17) is 4.74 Å². The monoisotopic (exact) mass is 457 g/mol. The number of nitrogens with zero attached hydrogens (tertiary/aromatic N) is 1. The van der Waals surface area contributed by atoms with Crippen LogP contribution in [-0.2, 0) is 9.59 Å². The normalized spacial score (nSPS) is 17.5. The Morgan fingerprint density at radius 1 is 0.879 bits per heavy atom. The molecule has 1 aliphatic heterocycles. The van der Waals surface area contributed by atoms with Gasteiger partial charge in [0.25, 0.3) is 11.7 Å². The quantitative estimate of drug-likeness (QED) is 0.263. The molecule has 4 rings (SSSR count). The van der Waals surface area contributed by atoms with Crippen LogP contribution in [0.1, 0.15) is 17.2 Å². The van der Waals surface area contributed by atoms with Crippen LogP contribution < -0.4 is 9.64 Å². The first-order valence-electron chi connectivity index (χ1n) is 9.58. The number of anilines is 1. The van der Waals surface area contributed by atoms with Gasteiger partial charge in [-0.15, -0.1) is 0 Å². The van der Waals surface area contributed by atoms with Gasteiger partial charge in [0, 0.05) is 6.07 Å². The average molecular weight is 457 g/mol. The molecule has 3 aromatic carbocycles. The van der Waals surface area contributed by atoms with E-state index >= 15 is 0 Å². The van der Waals surface area contributed by atoms with Gasteiger partial charge in [-0.3, -0.25) is 14.5 Å². The standard InChI is InChI=1S/C24H15F4NO4/c1-33-19-9-7-14(26)10-16(19)22(30)20-21(12-2-4-13(25)5-3-12)29(24(32)23(20)31)18-8-6-15(27)11-17(18)28/h2-11,21,30H,1H3/b22-20+. The Hall–Kier alpha value is -4.14. The van der Waals surface area contributed by atoms with E-state index in [9.17, 15) is 32.3 Å². The number of benzene rings is 3. The molecule has 9 heteroatoms. The Balaban J connectivity index is 2.00. The maximum Gasteiger partial charge on any atom is 0.300 e. The van der Waals surface area contributed by atoms with Gasteiger partial charge in [0.1, 0.15) is 34.8 Å². The van der Waals surface area contributed by atoms with E-state index < -0.39 is 58.0 Å². The maximum atomic E-state index is 14.6. The number of ketones is 1. The van der Waals surface area contributed by atoms with Crippen LogP contribution in [0.5, 0.6) is 5.75 Å². The van der Waals surface area contributed by atoms with E-state index in [0.29, 0.717) is 6.07 Å². The first kappa shape index (κ1) is 22.1. The molecule has 0 aromatic heterocycles. The second-order valence-electron chi connectivity index (χ2n) is 7.16. The molecule has 1 N–H and O–H groups in total. The molecule has 1 amide bonds. The lowest BCUT2D eigenvalue weighted by atomic mass is 9.94. The van der Waals surface area contributed by atoms with E-state index in [0.717, 1.165) is 41.3 Å². The van der Waals surface area contributed by atoms with Crippen LogP contribution in [0.3, 0.4) is 0 Å². The van der Waals surface area contributed by atoms with Gasteiger partial charge >= 0.3 is 0 Å². The lowest BCUT2D eigenvalue weighted by Crippen LogP contribution is -2.30. The zero-order chi connectivity index (χ0) is 23.9. The Labute approximate surface area is 185 Å². The first-order chi connectivity index (χ1) is 15.7. The molecule has 0 aliphatic carbocycles. The number of rotatable bonds is 4. The molecular formula is C24H15F4NO4.